The van der Waals surface area contributed by atoms with E-state index < -0.39 is 83.0 Å². The van der Waals surface area contributed by atoms with Crippen LogP contribution in [0.3, 0.4) is 0 Å². The van der Waals surface area contributed by atoms with Gasteiger partial charge in [0.05, 0.1) is 23.6 Å². The molecule has 1 unspecified atom stereocenters. The predicted molar refractivity (Wildman–Crippen MR) is 135 cm³/mol. The van der Waals surface area contributed by atoms with Crippen molar-refractivity contribution in [2.45, 2.75) is 46.2 Å². The van der Waals surface area contributed by atoms with Gasteiger partial charge in [-0.15, -0.1) is 0 Å². The molecule has 1 heterocycles. The molecule has 1 aromatic heterocycles. The molecule has 5 N–H and O–H groups in total. The van der Waals surface area contributed by atoms with Crippen LogP contribution >= 0.6 is 0 Å². The van der Waals surface area contributed by atoms with Gasteiger partial charge in [-0.05, 0) is 31.0 Å². The lowest BCUT2D eigenvalue weighted by Crippen LogP contribution is -2.57. The fourth-order valence-electron chi connectivity index (χ4n) is 4.24. The highest BCUT2D eigenvalue weighted by atomic mass is 19.2. The van der Waals surface area contributed by atoms with E-state index in [1.807, 2.05) is 19.1 Å². The van der Waals surface area contributed by atoms with Gasteiger partial charge in [0.15, 0.2) is 29.0 Å². The van der Waals surface area contributed by atoms with Crippen LogP contribution < -0.4 is 15.8 Å². The molecule has 9 nitrogen and oxygen atoms in total. The quantitative estimate of drug-likeness (QED) is 0.158. The number of aliphatic carboxylic acids is 1. The van der Waals surface area contributed by atoms with Crippen LogP contribution in [0.15, 0.2) is 24.3 Å². The Morgan fingerprint density at radius 2 is 1.68 bits per heavy atom. The van der Waals surface area contributed by atoms with Crippen LogP contribution in [0.25, 0.3) is 10.9 Å². The number of hydrogen-bond donors (Lipinski definition) is 4. The van der Waals surface area contributed by atoms with Crippen LogP contribution in [0, 0.1) is 42.5 Å². The van der Waals surface area contributed by atoms with E-state index in [4.69, 9.17) is 5.73 Å². The lowest BCUT2D eigenvalue weighted by atomic mass is 9.78. The second kappa shape index (κ2) is 11.5. The van der Waals surface area contributed by atoms with Crippen LogP contribution in [0.1, 0.15) is 41.9 Å². The summed E-state index contributed by atoms with van der Waals surface area (Å²) in [7, 11) is 0. The van der Waals surface area contributed by atoms with Crippen LogP contribution in [0.4, 0.5) is 17.6 Å². The zero-order chi connectivity index (χ0) is 30.1. The first-order chi connectivity index (χ1) is 18.6. The summed E-state index contributed by atoms with van der Waals surface area (Å²) in [6.45, 7) is 5.16. The maximum atomic E-state index is 13.9. The van der Waals surface area contributed by atoms with Gasteiger partial charge in [0.25, 0.3) is 0 Å². The van der Waals surface area contributed by atoms with Gasteiger partial charge in [0.1, 0.15) is 12.6 Å². The molecule has 1 amide bonds. The number of carbonyl (C=O) groups excluding carboxylic acids is 3. The number of aromatic nitrogens is 1. The zero-order valence-corrected chi connectivity index (χ0v) is 22.0. The third-order valence-corrected chi connectivity index (χ3v) is 6.67. The second-order valence-corrected chi connectivity index (χ2v) is 9.86. The summed E-state index contributed by atoms with van der Waals surface area (Å²) in [4.78, 5) is 53.5. The van der Waals surface area contributed by atoms with E-state index in [9.17, 15) is 41.8 Å². The summed E-state index contributed by atoms with van der Waals surface area (Å²) in [6.07, 6.45) is -0.988. The number of hydrogen-bond acceptors (Lipinski definition) is 6. The highest BCUT2D eigenvalue weighted by Gasteiger charge is 2.42. The Labute approximate surface area is 225 Å². The van der Waals surface area contributed by atoms with Crippen molar-refractivity contribution >= 4 is 34.3 Å². The second-order valence-electron chi connectivity index (χ2n) is 9.86. The van der Waals surface area contributed by atoms with E-state index in [-0.39, 0.29) is 11.8 Å². The van der Waals surface area contributed by atoms with Crippen molar-refractivity contribution in [1.82, 2.24) is 10.3 Å². The molecular weight excluding hydrogens is 538 g/mol. The first-order valence-corrected chi connectivity index (χ1v) is 12.0. The van der Waals surface area contributed by atoms with E-state index in [0.29, 0.717) is 11.1 Å². The Bertz CT molecular complexity index is 1490. The minimum absolute atomic E-state index is 0.0598. The van der Waals surface area contributed by atoms with Crippen molar-refractivity contribution in [3.05, 3.63) is 64.4 Å². The number of aryl methyl sites for hydroxylation is 2. The fraction of sp³-hybridized carbons (Fsp3) is 0.333. The van der Waals surface area contributed by atoms with Gasteiger partial charge in [-0.2, -0.15) is 8.78 Å². The maximum absolute atomic E-state index is 13.9. The number of benzene rings is 2. The van der Waals surface area contributed by atoms with Crippen molar-refractivity contribution in [2.75, 3.05) is 6.61 Å². The topological polar surface area (TPSA) is 152 Å². The highest BCUT2D eigenvalue weighted by molar-refractivity contribution is 6.08. The number of carboxylic acid groups (broad SMARTS) is 1. The van der Waals surface area contributed by atoms with Gasteiger partial charge in [0, 0.05) is 17.0 Å². The third kappa shape index (κ3) is 5.83. The summed E-state index contributed by atoms with van der Waals surface area (Å²) in [5.41, 5.74) is 7.03. The summed E-state index contributed by atoms with van der Waals surface area (Å²) >= 11 is 0. The molecule has 0 aliphatic carbocycles. The number of nitrogens with two attached hydrogens (primary N) is 1. The molecule has 13 heteroatoms. The fourth-order valence-corrected chi connectivity index (χ4v) is 4.24. The maximum Gasteiger partial charge on any atom is 0.305 e. The number of ketones is 2. The average Bonchev–Trinajstić information content (AvgIpc) is 3.22. The van der Waals surface area contributed by atoms with E-state index in [1.165, 1.54) is 13.8 Å². The number of nitrogens with one attached hydrogen (secondary N) is 2. The lowest BCUT2D eigenvalue weighted by Gasteiger charge is -2.30. The number of carboxylic acids is 1. The van der Waals surface area contributed by atoms with Gasteiger partial charge in [-0.1, -0.05) is 26.0 Å². The molecule has 0 saturated heterocycles. The number of ether oxygens (including phenoxy) is 1. The van der Waals surface area contributed by atoms with Crippen LogP contribution in [0.2, 0.25) is 0 Å². The highest BCUT2D eigenvalue weighted by Crippen LogP contribution is 2.32. The number of Topliss-reactive ketones (excluding diaryl/α,β-unsaturated/α-hetero) is 2. The summed E-state index contributed by atoms with van der Waals surface area (Å²) in [5, 5.41) is 12.2. The van der Waals surface area contributed by atoms with Gasteiger partial charge < -0.3 is 25.9 Å². The number of aromatic amines is 1. The van der Waals surface area contributed by atoms with Crippen LogP contribution in [-0.2, 0) is 14.4 Å². The van der Waals surface area contributed by atoms with Gasteiger partial charge in [0.2, 0.25) is 17.5 Å². The summed E-state index contributed by atoms with van der Waals surface area (Å²) < 4.78 is 59.1. The normalized spacial score (nSPS) is 13.1. The number of halogens is 4. The van der Waals surface area contributed by atoms with Crippen LogP contribution in [-0.4, -0.2) is 52.2 Å². The van der Waals surface area contributed by atoms with Gasteiger partial charge in [-0.3, -0.25) is 19.2 Å². The summed E-state index contributed by atoms with van der Waals surface area (Å²) in [5.74, 6) is -13.2. The van der Waals surface area contributed by atoms with Gasteiger partial charge in [-0.25, -0.2) is 8.78 Å². The Hall–Kier alpha value is -4.26. The SMILES string of the molecule is Cc1cccc2[nH]c(C(=O)C(C)(C)[C@H](N)C(=O)NC(CC(=O)O)C(=O)COc3c(F)c(F)cc(F)c3F)c(C)c12. The van der Waals surface area contributed by atoms with Crippen molar-refractivity contribution < 1.29 is 46.6 Å². The minimum atomic E-state index is -1.91. The molecule has 0 aliphatic heterocycles. The minimum Gasteiger partial charge on any atom is -0.481 e. The Morgan fingerprint density at radius 1 is 1.07 bits per heavy atom. The van der Waals surface area contributed by atoms with E-state index >= 15 is 0 Å². The largest absolute Gasteiger partial charge is 0.481 e. The molecule has 0 spiro atoms. The first kappa shape index (κ1) is 30.3. The van der Waals surface area contributed by atoms with Crippen LogP contribution in [0.5, 0.6) is 5.75 Å². The molecule has 0 bridgehead atoms. The molecule has 40 heavy (non-hydrogen) atoms. The van der Waals surface area contributed by atoms with E-state index in [1.54, 1.807) is 13.0 Å². The molecule has 2 atom stereocenters. The van der Waals surface area contributed by atoms with E-state index in [2.05, 4.69) is 15.0 Å². The van der Waals surface area contributed by atoms with Crippen molar-refractivity contribution in [1.29, 1.82) is 0 Å². The Morgan fingerprint density at radius 3 is 2.23 bits per heavy atom. The third-order valence-electron chi connectivity index (χ3n) is 6.67. The zero-order valence-electron chi connectivity index (χ0n) is 22.0. The first-order valence-electron chi connectivity index (χ1n) is 12.0. The van der Waals surface area contributed by atoms with Gasteiger partial charge >= 0.3 is 5.97 Å². The number of carbonyl (C=O) groups is 4. The number of fused-ring (bicyclic) bond motifs is 1. The molecule has 0 aliphatic rings. The monoisotopic (exact) mass is 565 g/mol. The standard InChI is InChI=1S/C27H27F4N3O6/c1-11-6-5-7-15-19(11)12(2)22(33-15)25(38)27(3,4)24(32)26(39)34-16(9-18(36)37)17(35)10-40-23-20(30)13(28)8-14(29)21(23)31/h5-8,16,24,33H,9-10,32H2,1-4H3,(H,34,39)(H,36,37)/t16?,24-/m1/s1. The molecule has 0 saturated carbocycles. The number of amides is 1. The average molecular weight is 566 g/mol. The Kier molecular flexibility index (Phi) is 8.68. The molecule has 0 radical (unpaired) electrons. The molecule has 3 rings (SSSR count). The molecule has 3 aromatic rings. The van der Waals surface area contributed by atoms with E-state index in [0.717, 1.165) is 10.9 Å². The smallest absolute Gasteiger partial charge is 0.305 e. The molecule has 214 valence electrons. The van der Waals surface area contributed by atoms with Crippen molar-refractivity contribution in [2.24, 2.45) is 11.1 Å². The van der Waals surface area contributed by atoms with Crippen molar-refractivity contribution in [3.8, 4) is 5.75 Å². The molecule has 0 fully saturated rings. The molecular formula is C27H27F4N3O6. The van der Waals surface area contributed by atoms with Crippen molar-refractivity contribution in [3.63, 3.8) is 0 Å². The lowest BCUT2D eigenvalue weighted by molar-refractivity contribution is -0.140. The predicted octanol–water partition coefficient (Wildman–Crippen LogP) is 3.48. The number of H-pyrrole nitrogens is 1. The molecule has 2 aromatic carbocycles. The Balaban J connectivity index is 1.79. The number of rotatable bonds is 11. The summed E-state index contributed by atoms with van der Waals surface area (Å²) in [6, 6.07) is 2.01.